The summed E-state index contributed by atoms with van der Waals surface area (Å²) in [6, 6.07) is 10.2. The fourth-order valence-electron chi connectivity index (χ4n) is 4.47. The van der Waals surface area contributed by atoms with Crippen LogP contribution in [0.25, 0.3) is 0 Å². The molecular formula is C30H39FN4O5. The minimum atomic E-state index is -1.23. The van der Waals surface area contributed by atoms with Gasteiger partial charge in [0.2, 0.25) is 17.7 Å². The van der Waals surface area contributed by atoms with Crippen LogP contribution in [-0.4, -0.2) is 54.9 Å². The first-order valence-corrected chi connectivity index (χ1v) is 13.5. The van der Waals surface area contributed by atoms with Crippen molar-refractivity contribution in [2.24, 2.45) is 5.92 Å². The van der Waals surface area contributed by atoms with Crippen molar-refractivity contribution in [1.82, 2.24) is 21.3 Å². The second-order valence-electron chi connectivity index (χ2n) is 11.3. The summed E-state index contributed by atoms with van der Waals surface area (Å²) in [6.07, 6.45) is 0.252. The quantitative estimate of drug-likeness (QED) is 0.437. The van der Waals surface area contributed by atoms with Gasteiger partial charge in [-0.2, -0.15) is 0 Å². The van der Waals surface area contributed by atoms with Crippen molar-refractivity contribution in [3.63, 3.8) is 0 Å². The molecule has 0 fully saturated rings. The maximum Gasteiger partial charge on any atom is 0.255 e. The number of ether oxygens (including phenoxy) is 1. The zero-order valence-corrected chi connectivity index (χ0v) is 23.7. The van der Waals surface area contributed by atoms with Crippen molar-refractivity contribution >= 4 is 23.6 Å². The third-order valence-corrected chi connectivity index (χ3v) is 6.79. The lowest BCUT2D eigenvalue weighted by atomic mass is 9.84. The third-order valence-electron chi connectivity index (χ3n) is 6.79. The molecule has 4 amide bonds. The monoisotopic (exact) mass is 554 g/mol. The molecule has 216 valence electrons. The molecule has 0 saturated carbocycles. The van der Waals surface area contributed by atoms with Gasteiger partial charge >= 0.3 is 0 Å². The molecule has 3 atom stereocenters. The predicted octanol–water partition coefficient (Wildman–Crippen LogP) is 2.84. The van der Waals surface area contributed by atoms with Crippen LogP contribution in [0.2, 0.25) is 0 Å². The zero-order chi connectivity index (χ0) is 29.4. The molecule has 10 heteroatoms. The van der Waals surface area contributed by atoms with Crippen molar-refractivity contribution in [1.29, 1.82) is 0 Å². The Kier molecular flexibility index (Phi) is 10.3. The highest BCUT2D eigenvalue weighted by molar-refractivity contribution is 6.01. The number of rotatable bonds is 6. The number of amides is 4. The highest BCUT2D eigenvalue weighted by Gasteiger charge is 2.30. The van der Waals surface area contributed by atoms with Gasteiger partial charge in [0.05, 0.1) is 18.0 Å². The second kappa shape index (κ2) is 13.4. The first kappa shape index (κ1) is 30.6. The van der Waals surface area contributed by atoms with Crippen LogP contribution < -0.4 is 26.0 Å². The van der Waals surface area contributed by atoms with Crippen LogP contribution >= 0.6 is 0 Å². The van der Waals surface area contributed by atoms with E-state index in [4.69, 9.17) is 4.74 Å². The summed E-state index contributed by atoms with van der Waals surface area (Å²) in [4.78, 5) is 52.4. The van der Waals surface area contributed by atoms with E-state index in [-0.39, 0.29) is 48.8 Å². The SMILES string of the molecule is CC(C)C[C@H]1COc2ccccc2C(=O)N[C@H](C(=O)NCC(C)(C)c2ccc(F)cc2)CC(=O)N[C@@H](C)C(=O)N1. The number of para-hydroxylation sites is 1. The molecule has 40 heavy (non-hydrogen) atoms. The van der Waals surface area contributed by atoms with Crippen molar-refractivity contribution in [3.05, 3.63) is 65.5 Å². The molecular weight excluding hydrogens is 515 g/mol. The third kappa shape index (κ3) is 8.53. The Balaban J connectivity index is 1.84. The summed E-state index contributed by atoms with van der Waals surface area (Å²) in [7, 11) is 0. The van der Waals surface area contributed by atoms with E-state index >= 15 is 0 Å². The Morgan fingerprint density at radius 1 is 1.05 bits per heavy atom. The van der Waals surface area contributed by atoms with Gasteiger partial charge in [0, 0.05) is 12.0 Å². The molecule has 9 nitrogen and oxygen atoms in total. The Morgan fingerprint density at radius 3 is 2.40 bits per heavy atom. The van der Waals surface area contributed by atoms with E-state index in [1.165, 1.54) is 12.1 Å². The number of hydrogen-bond acceptors (Lipinski definition) is 5. The lowest BCUT2D eigenvalue weighted by Gasteiger charge is -2.28. The van der Waals surface area contributed by atoms with Gasteiger partial charge in [0.15, 0.2) is 0 Å². The maximum atomic E-state index is 13.4. The minimum absolute atomic E-state index is 0.122. The van der Waals surface area contributed by atoms with Crippen LogP contribution in [0.15, 0.2) is 48.5 Å². The molecule has 0 saturated heterocycles. The van der Waals surface area contributed by atoms with Crippen LogP contribution in [0.5, 0.6) is 5.75 Å². The zero-order valence-electron chi connectivity index (χ0n) is 23.7. The van der Waals surface area contributed by atoms with E-state index < -0.39 is 35.2 Å². The number of fused-ring (bicyclic) bond motifs is 1. The average Bonchev–Trinajstić information content (AvgIpc) is 2.89. The van der Waals surface area contributed by atoms with E-state index in [9.17, 15) is 23.6 Å². The molecule has 1 heterocycles. The molecule has 0 bridgehead atoms. The number of carbonyl (C=O) groups excluding carboxylic acids is 4. The van der Waals surface area contributed by atoms with E-state index in [2.05, 4.69) is 21.3 Å². The number of hydrogen-bond donors (Lipinski definition) is 4. The van der Waals surface area contributed by atoms with Crippen molar-refractivity contribution < 1.29 is 28.3 Å². The molecule has 0 aromatic heterocycles. The normalized spacial score (nSPS) is 20.8. The van der Waals surface area contributed by atoms with Crippen molar-refractivity contribution in [3.8, 4) is 5.75 Å². The van der Waals surface area contributed by atoms with E-state index in [1.54, 1.807) is 43.3 Å². The summed E-state index contributed by atoms with van der Waals surface area (Å²) in [5.41, 5.74) is 0.451. The van der Waals surface area contributed by atoms with E-state index in [0.29, 0.717) is 12.2 Å². The summed E-state index contributed by atoms with van der Waals surface area (Å²) < 4.78 is 19.4. The van der Waals surface area contributed by atoms with E-state index in [1.807, 2.05) is 27.7 Å². The maximum absolute atomic E-state index is 13.4. The topological polar surface area (TPSA) is 126 Å². The van der Waals surface area contributed by atoms with Crippen LogP contribution in [0.3, 0.4) is 0 Å². The van der Waals surface area contributed by atoms with Gasteiger partial charge in [0.1, 0.15) is 30.3 Å². The molecule has 4 N–H and O–H groups in total. The van der Waals surface area contributed by atoms with Crippen LogP contribution in [0.4, 0.5) is 4.39 Å². The second-order valence-corrected chi connectivity index (χ2v) is 11.3. The van der Waals surface area contributed by atoms with Crippen molar-refractivity contribution in [2.75, 3.05) is 13.2 Å². The van der Waals surface area contributed by atoms with Gasteiger partial charge in [-0.3, -0.25) is 19.2 Å². The van der Waals surface area contributed by atoms with Gasteiger partial charge in [-0.25, -0.2) is 4.39 Å². The first-order chi connectivity index (χ1) is 18.9. The summed E-state index contributed by atoms with van der Waals surface area (Å²) in [6.45, 7) is 9.67. The number of nitrogens with one attached hydrogen (secondary N) is 4. The molecule has 1 aliphatic rings. The van der Waals surface area contributed by atoms with Gasteiger partial charge < -0.3 is 26.0 Å². The molecule has 0 spiro atoms. The first-order valence-electron chi connectivity index (χ1n) is 13.5. The fraction of sp³-hybridized carbons (Fsp3) is 0.467. The summed E-state index contributed by atoms with van der Waals surface area (Å²) in [5, 5.41) is 11.0. The minimum Gasteiger partial charge on any atom is -0.491 e. The number of carbonyl (C=O) groups is 4. The molecule has 2 aromatic carbocycles. The van der Waals surface area contributed by atoms with Crippen LogP contribution in [-0.2, 0) is 19.8 Å². The van der Waals surface area contributed by atoms with Gasteiger partial charge in [-0.05, 0) is 49.1 Å². The lowest BCUT2D eigenvalue weighted by molar-refractivity contribution is -0.131. The van der Waals surface area contributed by atoms with Gasteiger partial charge in [0.25, 0.3) is 5.91 Å². The van der Waals surface area contributed by atoms with Crippen molar-refractivity contribution in [2.45, 2.75) is 71.0 Å². The van der Waals surface area contributed by atoms with Gasteiger partial charge in [-0.15, -0.1) is 0 Å². The smallest absolute Gasteiger partial charge is 0.255 e. The highest BCUT2D eigenvalue weighted by atomic mass is 19.1. The molecule has 3 rings (SSSR count). The van der Waals surface area contributed by atoms with Crippen LogP contribution in [0, 0.1) is 11.7 Å². The Morgan fingerprint density at radius 2 is 1.73 bits per heavy atom. The van der Waals surface area contributed by atoms with E-state index in [0.717, 1.165) is 5.56 Å². The Bertz CT molecular complexity index is 1210. The fourth-order valence-corrected chi connectivity index (χ4v) is 4.47. The number of halogens is 1. The number of benzene rings is 2. The molecule has 0 aliphatic carbocycles. The predicted molar refractivity (Wildman–Crippen MR) is 149 cm³/mol. The standard InChI is InChI=1S/C30H39FN4O5/c1-18(2)14-22-16-40-25-9-7-6-8-23(25)28(38)35-24(15-26(36)33-19(3)27(37)34-22)29(39)32-17-30(4,5)20-10-12-21(31)13-11-20/h6-13,18-19,22,24H,14-17H2,1-5H3,(H,32,39)(H,33,36)(H,34,37)(H,35,38)/t19-,22-,24-/m0/s1. The summed E-state index contributed by atoms with van der Waals surface area (Å²) in [5.74, 6) is -1.88. The molecule has 1 aliphatic heterocycles. The average molecular weight is 555 g/mol. The molecule has 2 aromatic rings. The molecule has 0 unspecified atom stereocenters. The van der Waals surface area contributed by atoms with Crippen LogP contribution in [0.1, 0.15) is 63.4 Å². The summed E-state index contributed by atoms with van der Waals surface area (Å²) >= 11 is 0. The Hall–Kier alpha value is -3.95. The molecule has 0 radical (unpaired) electrons. The largest absolute Gasteiger partial charge is 0.491 e. The van der Waals surface area contributed by atoms with Gasteiger partial charge in [-0.1, -0.05) is 52.0 Å². The Labute approximate surface area is 234 Å². The lowest BCUT2D eigenvalue weighted by Crippen LogP contribution is -2.54. The highest BCUT2D eigenvalue weighted by Crippen LogP contribution is 2.23.